The summed E-state index contributed by atoms with van der Waals surface area (Å²) in [7, 11) is 0. The van der Waals surface area contributed by atoms with Gasteiger partial charge in [-0.25, -0.2) is 9.80 Å². The monoisotopic (exact) mass is 567 g/mol. The summed E-state index contributed by atoms with van der Waals surface area (Å²) < 4.78 is 5.53. The van der Waals surface area contributed by atoms with Crippen LogP contribution in [0.3, 0.4) is 0 Å². The third-order valence-electron chi connectivity index (χ3n) is 7.87. The topological polar surface area (TPSA) is 45.1 Å². The lowest BCUT2D eigenvalue weighted by Gasteiger charge is -2.50. The molecule has 0 saturated carbocycles. The van der Waals surface area contributed by atoms with Gasteiger partial charge in [0, 0.05) is 11.3 Å². The lowest BCUT2D eigenvalue weighted by atomic mass is 9.77. The molecule has 0 fully saturated rings. The number of para-hydroxylation sites is 2. The first-order valence-electron chi connectivity index (χ1n) is 14.1. The second-order valence-electron chi connectivity index (χ2n) is 10.1. The highest BCUT2D eigenvalue weighted by Gasteiger charge is 2.66. The van der Waals surface area contributed by atoms with Gasteiger partial charge in [-0.3, -0.25) is 0 Å². The number of nitrogens with zero attached hydrogens (tertiary/aromatic N) is 3. The zero-order valence-corrected chi connectivity index (χ0v) is 23.9. The van der Waals surface area contributed by atoms with E-state index in [4.69, 9.17) is 9.84 Å². The van der Waals surface area contributed by atoms with Crippen molar-refractivity contribution in [1.29, 1.82) is 0 Å². The summed E-state index contributed by atoms with van der Waals surface area (Å²) in [6, 6.07) is 50.3. The Kier molecular flexibility index (Phi) is 6.56. The Morgan fingerprint density at radius 3 is 1.69 bits per heavy atom. The molecule has 0 amide bonds. The van der Waals surface area contributed by atoms with E-state index < -0.39 is 16.5 Å². The number of carbonyl (C=O) groups excluding carboxylic acids is 1. The number of rotatable bonds is 6. The molecule has 5 nitrogen and oxygen atoms in total. The summed E-state index contributed by atoms with van der Waals surface area (Å²) in [4.78, 5) is 14.9. The van der Waals surface area contributed by atoms with Gasteiger partial charge in [0.1, 0.15) is 5.54 Å². The van der Waals surface area contributed by atoms with Crippen molar-refractivity contribution < 1.29 is 9.53 Å². The second kappa shape index (κ2) is 10.5. The summed E-state index contributed by atoms with van der Waals surface area (Å²) in [5.74, 6) is -0.428. The molecule has 1 atom stereocenters. The molecule has 42 heavy (non-hydrogen) atoms. The van der Waals surface area contributed by atoms with Gasteiger partial charge in [0.05, 0.1) is 12.3 Å². The van der Waals surface area contributed by atoms with E-state index in [9.17, 15) is 4.79 Å². The molecule has 6 heteroatoms. The van der Waals surface area contributed by atoms with Crippen molar-refractivity contribution >= 4 is 34.1 Å². The van der Waals surface area contributed by atoms with Gasteiger partial charge in [-0.1, -0.05) is 121 Å². The van der Waals surface area contributed by atoms with Gasteiger partial charge in [-0.15, -0.1) is 0 Å². The fourth-order valence-corrected chi connectivity index (χ4v) is 7.72. The van der Waals surface area contributed by atoms with Gasteiger partial charge in [0.25, 0.3) is 0 Å². The Balaban J connectivity index is 1.63. The van der Waals surface area contributed by atoms with E-state index in [1.807, 2.05) is 60.5 Å². The molecule has 2 aliphatic rings. The van der Waals surface area contributed by atoms with E-state index in [0.29, 0.717) is 5.04 Å². The molecule has 2 aliphatic heterocycles. The number of carbonyl (C=O) groups is 1. The minimum absolute atomic E-state index is 0.272. The molecule has 5 aromatic rings. The lowest BCUT2D eigenvalue weighted by Crippen LogP contribution is -2.57. The summed E-state index contributed by atoms with van der Waals surface area (Å²) in [6.45, 7) is 2.09. The molecule has 0 unspecified atom stereocenters. The van der Waals surface area contributed by atoms with Gasteiger partial charge in [-0.05, 0) is 59.6 Å². The number of anilines is 2. The quantitative estimate of drug-likeness (QED) is 0.196. The van der Waals surface area contributed by atoms with E-state index in [1.54, 1.807) is 0 Å². The van der Waals surface area contributed by atoms with Crippen LogP contribution >= 0.6 is 11.8 Å². The van der Waals surface area contributed by atoms with Gasteiger partial charge in [0.2, 0.25) is 10.0 Å². The number of ether oxygens (including phenoxy) is 1. The van der Waals surface area contributed by atoms with Crippen LogP contribution in [-0.2, 0) is 20.1 Å². The summed E-state index contributed by atoms with van der Waals surface area (Å²) in [5.41, 5.74) is 5.51. The second-order valence-corrected chi connectivity index (χ2v) is 11.3. The fourth-order valence-electron chi connectivity index (χ4n) is 6.33. The van der Waals surface area contributed by atoms with Crippen LogP contribution in [0.2, 0.25) is 0 Å². The maximum absolute atomic E-state index is 13.4. The van der Waals surface area contributed by atoms with Crippen LogP contribution in [-0.4, -0.2) is 17.6 Å². The summed E-state index contributed by atoms with van der Waals surface area (Å²) >= 11 is 1.44. The van der Waals surface area contributed by atoms with Gasteiger partial charge < -0.3 is 9.64 Å². The highest BCUT2D eigenvalue weighted by molar-refractivity contribution is 8.16. The Morgan fingerprint density at radius 2 is 1.14 bits per heavy atom. The molecule has 0 bridgehead atoms. The van der Waals surface area contributed by atoms with Crippen LogP contribution in [0.5, 0.6) is 0 Å². The highest BCUT2D eigenvalue weighted by Crippen LogP contribution is 2.65. The van der Waals surface area contributed by atoms with Gasteiger partial charge >= 0.3 is 5.97 Å². The molecule has 1 spiro atoms. The number of hydrogen-bond acceptors (Lipinski definition) is 6. The smallest absolute Gasteiger partial charge is 0.365 e. The average molecular weight is 568 g/mol. The molecule has 0 N–H and O–H groups in total. The minimum atomic E-state index is -0.965. The number of hydrazone groups is 1. The van der Waals surface area contributed by atoms with Crippen molar-refractivity contribution in [2.24, 2.45) is 5.10 Å². The maximum Gasteiger partial charge on any atom is 0.365 e. The van der Waals surface area contributed by atoms with E-state index in [1.165, 1.54) is 11.8 Å². The SMILES string of the molecule is CCOC(=O)C1=NN(c2ccccc2)[C@]2(S1)c1ccccc1C(c1ccccc1)(c1ccccc1)N2c1ccccc1. The zero-order chi connectivity index (χ0) is 28.6. The maximum atomic E-state index is 13.4. The molecule has 0 saturated heterocycles. The number of esters is 1. The molecule has 0 radical (unpaired) electrons. The predicted octanol–water partition coefficient (Wildman–Crippen LogP) is 7.74. The Labute approximate surface area is 250 Å². The van der Waals surface area contributed by atoms with Crippen molar-refractivity contribution in [1.82, 2.24) is 0 Å². The van der Waals surface area contributed by atoms with Crippen molar-refractivity contribution in [3.05, 3.63) is 168 Å². The number of hydrogen-bond donors (Lipinski definition) is 0. The molecule has 7 rings (SSSR count). The summed E-state index contributed by atoms with van der Waals surface area (Å²) in [5, 5.41) is 7.35. The van der Waals surface area contributed by atoms with Crippen LogP contribution in [0, 0.1) is 0 Å². The van der Waals surface area contributed by atoms with E-state index >= 15 is 0 Å². The Morgan fingerprint density at radius 1 is 0.667 bits per heavy atom. The first-order chi connectivity index (χ1) is 20.7. The molecule has 2 heterocycles. The minimum Gasteiger partial charge on any atom is -0.461 e. The van der Waals surface area contributed by atoms with Crippen molar-refractivity contribution in [3.8, 4) is 0 Å². The van der Waals surface area contributed by atoms with Crippen LogP contribution in [0.1, 0.15) is 29.2 Å². The molecule has 206 valence electrons. The van der Waals surface area contributed by atoms with Crippen LogP contribution in [0.15, 0.2) is 151 Å². The normalized spacial score (nSPS) is 18.5. The first-order valence-corrected chi connectivity index (χ1v) is 14.9. The van der Waals surface area contributed by atoms with Gasteiger partial charge in [-0.2, -0.15) is 5.10 Å². The number of thioether (sulfide) groups is 1. The van der Waals surface area contributed by atoms with Crippen molar-refractivity contribution in [2.75, 3.05) is 16.5 Å². The molecular formula is C36H29N3O2S. The molecular weight excluding hydrogens is 538 g/mol. The lowest BCUT2D eigenvalue weighted by molar-refractivity contribution is -0.134. The number of benzene rings is 5. The molecule has 0 aromatic heterocycles. The van der Waals surface area contributed by atoms with Crippen LogP contribution in [0.25, 0.3) is 0 Å². The largest absolute Gasteiger partial charge is 0.461 e. The number of fused-ring (bicyclic) bond motifs is 2. The molecule has 0 aliphatic carbocycles. The predicted molar refractivity (Wildman–Crippen MR) is 170 cm³/mol. The Bertz CT molecular complexity index is 1710. The third-order valence-corrected chi connectivity index (χ3v) is 9.17. The third kappa shape index (κ3) is 3.79. The van der Waals surface area contributed by atoms with E-state index in [2.05, 4.69) is 102 Å². The van der Waals surface area contributed by atoms with Crippen LogP contribution < -0.4 is 9.91 Å². The fraction of sp³-hybridized carbons (Fsp3) is 0.111. The Hall–Kier alpha value is -4.81. The molecule has 5 aromatic carbocycles. The van der Waals surface area contributed by atoms with Crippen LogP contribution in [0.4, 0.5) is 11.4 Å². The average Bonchev–Trinajstić information content (AvgIpc) is 3.58. The van der Waals surface area contributed by atoms with E-state index in [0.717, 1.165) is 33.6 Å². The zero-order valence-electron chi connectivity index (χ0n) is 23.1. The summed E-state index contributed by atoms with van der Waals surface area (Å²) in [6.07, 6.45) is 0. The van der Waals surface area contributed by atoms with E-state index in [-0.39, 0.29) is 6.61 Å². The van der Waals surface area contributed by atoms with Gasteiger partial charge in [0.15, 0.2) is 0 Å². The van der Waals surface area contributed by atoms with Crippen molar-refractivity contribution in [2.45, 2.75) is 17.5 Å². The highest BCUT2D eigenvalue weighted by atomic mass is 32.2. The standard InChI is InChI=1S/C36H29N3O2S/c1-2-41-34(40)33-37-39(30-23-13-6-14-24-30)36(42-33)32-26-16-15-25-31(32)35(27-17-7-3-8-18-27,28-19-9-4-10-20-28)38(36)29-21-11-5-12-22-29/h3-26H,2H2,1H3/t36-/m0/s1. The van der Waals surface area contributed by atoms with Crippen molar-refractivity contribution in [3.63, 3.8) is 0 Å². The first kappa shape index (κ1) is 26.1.